The van der Waals surface area contributed by atoms with E-state index in [2.05, 4.69) is 18.5 Å². The number of hydrogen-bond donors (Lipinski definition) is 0. The molecule has 0 radical (unpaired) electrons. The third-order valence-corrected chi connectivity index (χ3v) is 3.03. The highest BCUT2D eigenvalue weighted by Gasteiger charge is 2.33. The lowest BCUT2D eigenvalue weighted by Gasteiger charge is -2.23. The minimum absolute atomic E-state index is 0.181. The molecule has 1 atom stereocenters. The number of hydrogen-bond acceptors (Lipinski definition) is 2. The van der Waals surface area contributed by atoms with Gasteiger partial charge in [-0.05, 0) is 26.4 Å². The third-order valence-electron chi connectivity index (χ3n) is 3.03. The van der Waals surface area contributed by atoms with Crippen molar-refractivity contribution >= 4 is 5.91 Å². The SMILES string of the molecule is C=C1CCN(C2CCN(C)C2)C1=O. The minimum Gasteiger partial charge on any atom is -0.334 e. The molecule has 3 nitrogen and oxygen atoms in total. The van der Waals surface area contributed by atoms with Crippen LogP contribution < -0.4 is 0 Å². The maximum atomic E-state index is 11.6. The number of likely N-dealkylation sites (N-methyl/N-ethyl adjacent to an activating group) is 1. The zero-order valence-electron chi connectivity index (χ0n) is 8.12. The second-order valence-corrected chi connectivity index (χ2v) is 4.06. The van der Waals surface area contributed by atoms with Gasteiger partial charge in [-0.15, -0.1) is 0 Å². The molecule has 2 fully saturated rings. The Morgan fingerprint density at radius 3 is 2.69 bits per heavy atom. The van der Waals surface area contributed by atoms with Gasteiger partial charge >= 0.3 is 0 Å². The van der Waals surface area contributed by atoms with E-state index in [1.54, 1.807) is 0 Å². The van der Waals surface area contributed by atoms with Crippen LogP contribution in [0, 0.1) is 0 Å². The van der Waals surface area contributed by atoms with Crippen LogP contribution in [-0.4, -0.2) is 48.4 Å². The van der Waals surface area contributed by atoms with E-state index in [1.807, 2.05) is 4.90 Å². The van der Waals surface area contributed by atoms with E-state index < -0.39 is 0 Å². The first-order valence-electron chi connectivity index (χ1n) is 4.86. The van der Waals surface area contributed by atoms with Crippen LogP contribution in [0.3, 0.4) is 0 Å². The van der Waals surface area contributed by atoms with E-state index in [0.717, 1.165) is 38.0 Å². The summed E-state index contributed by atoms with van der Waals surface area (Å²) in [6.45, 7) is 6.79. The van der Waals surface area contributed by atoms with Gasteiger partial charge in [-0.25, -0.2) is 0 Å². The van der Waals surface area contributed by atoms with Crippen LogP contribution in [0.1, 0.15) is 12.8 Å². The molecule has 0 N–H and O–H groups in total. The molecule has 1 unspecified atom stereocenters. The van der Waals surface area contributed by atoms with E-state index in [-0.39, 0.29) is 5.91 Å². The monoisotopic (exact) mass is 180 g/mol. The molecule has 3 heteroatoms. The van der Waals surface area contributed by atoms with E-state index in [1.165, 1.54) is 0 Å². The quantitative estimate of drug-likeness (QED) is 0.548. The molecule has 0 spiro atoms. The lowest BCUT2D eigenvalue weighted by molar-refractivity contribution is -0.126. The van der Waals surface area contributed by atoms with Crippen molar-refractivity contribution in [2.24, 2.45) is 0 Å². The second-order valence-electron chi connectivity index (χ2n) is 4.06. The van der Waals surface area contributed by atoms with Gasteiger partial charge in [0, 0.05) is 24.7 Å². The number of amides is 1. The molecular formula is C10H16N2O. The average molecular weight is 180 g/mol. The van der Waals surface area contributed by atoms with Gasteiger partial charge < -0.3 is 9.80 Å². The van der Waals surface area contributed by atoms with Gasteiger partial charge in [0.05, 0.1) is 0 Å². The van der Waals surface area contributed by atoms with Gasteiger partial charge in [0.1, 0.15) is 0 Å². The van der Waals surface area contributed by atoms with Crippen molar-refractivity contribution in [3.8, 4) is 0 Å². The molecule has 0 aromatic carbocycles. The fourth-order valence-corrected chi connectivity index (χ4v) is 2.18. The van der Waals surface area contributed by atoms with Crippen LogP contribution in [-0.2, 0) is 4.79 Å². The summed E-state index contributed by atoms with van der Waals surface area (Å²) in [6, 6.07) is 0.441. The second kappa shape index (κ2) is 3.14. The topological polar surface area (TPSA) is 23.6 Å². The Balaban J connectivity index is 2.02. The molecule has 72 valence electrons. The molecule has 2 aliphatic rings. The summed E-state index contributed by atoms with van der Waals surface area (Å²) in [7, 11) is 2.11. The molecule has 2 heterocycles. The Hall–Kier alpha value is -0.830. The summed E-state index contributed by atoms with van der Waals surface area (Å²) in [6.07, 6.45) is 1.98. The van der Waals surface area contributed by atoms with Crippen LogP contribution in [0.2, 0.25) is 0 Å². The molecule has 2 aliphatic heterocycles. The highest BCUT2D eigenvalue weighted by Crippen LogP contribution is 2.22. The van der Waals surface area contributed by atoms with Crippen molar-refractivity contribution in [2.45, 2.75) is 18.9 Å². The molecule has 0 aliphatic carbocycles. The van der Waals surface area contributed by atoms with Gasteiger partial charge in [0.15, 0.2) is 0 Å². The van der Waals surface area contributed by atoms with E-state index in [0.29, 0.717) is 6.04 Å². The maximum absolute atomic E-state index is 11.6. The van der Waals surface area contributed by atoms with Crippen molar-refractivity contribution in [3.63, 3.8) is 0 Å². The van der Waals surface area contributed by atoms with Crippen LogP contribution in [0.25, 0.3) is 0 Å². The van der Waals surface area contributed by atoms with Gasteiger partial charge in [-0.3, -0.25) is 4.79 Å². The lowest BCUT2D eigenvalue weighted by Crippen LogP contribution is -2.37. The van der Waals surface area contributed by atoms with Crippen molar-refractivity contribution < 1.29 is 4.79 Å². The number of rotatable bonds is 1. The highest BCUT2D eigenvalue weighted by atomic mass is 16.2. The fourth-order valence-electron chi connectivity index (χ4n) is 2.18. The average Bonchev–Trinajstić information content (AvgIpc) is 2.62. The summed E-state index contributed by atoms with van der Waals surface area (Å²) in [4.78, 5) is 15.9. The Labute approximate surface area is 79.0 Å². The van der Waals surface area contributed by atoms with Crippen molar-refractivity contribution in [2.75, 3.05) is 26.7 Å². The standard InChI is InChI=1S/C10H16N2O/c1-8-3-6-12(10(8)13)9-4-5-11(2)7-9/h9H,1,3-7H2,2H3. The van der Waals surface area contributed by atoms with Crippen LogP contribution in [0.15, 0.2) is 12.2 Å². The van der Waals surface area contributed by atoms with Gasteiger partial charge in [0.2, 0.25) is 5.91 Å². The summed E-state index contributed by atoms with van der Waals surface area (Å²) in [5, 5.41) is 0. The smallest absolute Gasteiger partial charge is 0.249 e. The van der Waals surface area contributed by atoms with Crippen molar-refractivity contribution in [1.29, 1.82) is 0 Å². The maximum Gasteiger partial charge on any atom is 0.249 e. The number of carbonyl (C=O) groups excluding carboxylic acids is 1. The van der Waals surface area contributed by atoms with E-state index in [4.69, 9.17) is 0 Å². The van der Waals surface area contributed by atoms with Crippen LogP contribution in [0.4, 0.5) is 0 Å². The van der Waals surface area contributed by atoms with Gasteiger partial charge in [-0.1, -0.05) is 6.58 Å². The van der Waals surface area contributed by atoms with Crippen LogP contribution >= 0.6 is 0 Å². The summed E-state index contributed by atoms with van der Waals surface area (Å²) >= 11 is 0. The summed E-state index contributed by atoms with van der Waals surface area (Å²) < 4.78 is 0. The first-order chi connectivity index (χ1) is 6.18. The number of nitrogens with zero attached hydrogens (tertiary/aromatic N) is 2. The predicted octanol–water partition coefficient (Wildman–Crippen LogP) is 0.479. The highest BCUT2D eigenvalue weighted by molar-refractivity contribution is 5.95. The third kappa shape index (κ3) is 1.48. The minimum atomic E-state index is 0.181. The molecule has 0 bridgehead atoms. The first-order valence-corrected chi connectivity index (χ1v) is 4.86. The lowest BCUT2D eigenvalue weighted by atomic mass is 10.2. The zero-order chi connectivity index (χ0) is 9.42. The normalized spacial score (nSPS) is 30.5. The largest absolute Gasteiger partial charge is 0.334 e. The van der Waals surface area contributed by atoms with Gasteiger partial charge in [-0.2, -0.15) is 0 Å². The van der Waals surface area contributed by atoms with Crippen LogP contribution in [0.5, 0.6) is 0 Å². The number of carbonyl (C=O) groups is 1. The molecule has 0 saturated carbocycles. The summed E-state index contributed by atoms with van der Waals surface area (Å²) in [5.74, 6) is 0.181. The van der Waals surface area contributed by atoms with Crippen molar-refractivity contribution in [1.82, 2.24) is 9.80 Å². The van der Waals surface area contributed by atoms with Crippen molar-refractivity contribution in [3.05, 3.63) is 12.2 Å². The first kappa shape index (κ1) is 8.75. The Kier molecular flexibility index (Phi) is 2.12. The fraction of sp³-hybridized carbons (Fsp3) is 0.700. The van der Waals surface area contributed by atoms with Gasteiger partial charge in [0.25, 0.3) is 0 Å². The molecule has 0 aromatic heterocycles. The molecule has 1 amide bonds. The van der Waals surface area contributed by atoms with E-state index in [9.17, 15) is 4.79 Å². The number of likely N-dealkylation sites (tertiary alicyclic amines) is 2. The molecule has 0 aromatic rings. The zero-order valence-corrected chi connectivity index (χ0v) is 8.12. The predicted molar refractivity (Wildman–Crippen MR) is 51.4 cm³/mol. The molecule has 2 saturated heterocycles. The molecular weight excluding hydrogens is 164 g/mol. The van der Waals surface area contributed by atoms with E-state index >= 15 is 0 Å². The summed E-state index contributed by atoms with van der Waals surface area (Å²) in [5.41, 5.74) is 0.787. The Morgan fingerprint density at radius 1 is 1.46 bits per heavy atom. The molecule has 2 rings (SSSR count). The Bertz CT molecular complexity index is 249. The molecule has 13 heavy (non-hydrogen) atoms. The Morgan fingerprint density at radius 2 is 2.23 bits per heavy atom.